The predicted molar refractivity (Wildman–Crippen MR) is 84.8 cm³/mol. The van der Waals surface area contributed by atoms with E-state index in [0.29, 0.717) is 13.1 Å². The lowest BCUT2D eigenvalue weighted by atomic mass is 9.87. The van der Waals surface area contributed by atoms with Crippen LogP contribution in [-0.2, 0) is 14.8 Å². The van der Waals surface area contributed by atoms with E-state index in [1.54, 1.807) is 6.92 Å². The van der Waals surface area contributed by atoms with Crippen molar-refractivity contribution in [2.45, 2.75) is 39.7 Å². The molecule has 0 N–H and O–H groups in total. The minimum atomic E-state index is -3.01. The molecule has 0 bridgehead atoms. The first kappa shape index (κ1) is 17.2. The lowest BCUT2D eigenvalue weighted by Gasteiger charge is -2.38. The van der Waals surface area contributed by atoms with Crippen molar-refractivity contribution in [2.24, 2.45) is 11.8 Å². The van der Waals surface area contributed by atoms with E-state index in [4.69, 9.17) is 4.74 Å². The van der Waals surface area contributed by atoms with E-state index in [9.17, 15) is 8.42 Å². The zero-order valence-electron chi connectivity index (χ0n) is 13.6. The standard InChI is InChI=1S/C15H30N2O3S/c1-4-21(18,19)17-11-15(12-17)20-10-9-16-7-5-14(6-8-16)13(2)3/h13-15H,4-12H2,1-3H3. The van der Waals surface area contributed by atoms with Crippen LogP contribution in [0.25, 0.3) is 0 Å². The Kier molecular flexibility index (Phi) is 6.05. The molecule has 21 heavy (non-hydrogen) atoms. The third-order valence-electron chi connectivity index (χ3n) is 4.91. The van der Waals surface area contributed by atoms with Gasteiger partial charge in [-0.3, -0.25) is 0 Å². The largest absolute Gasteiger partial charge is 0.374 e. The van der Waals surface area contributed by atoms with E-state index in [1.165, 1.54) is 30.2 Å². The first-order chi connectivity index (χ1) is 9.92. The van der Waals surface area contributed by atoms with Crippen molar-refractivity contribution in [2.75, 3.05) is 45.1 Å². The molecular formula is C15H30N2O3S. The van der Waals surface area contributed by atoms with Gasteiger partial charge in [-0.1, -0.05) is 13.8 Å². The van der Waals surface area contributed by atoms with Gasteiger partial charge in [0.1, 0.15) is 0 Å². The van der Waals surface area contributed by atoms with Gasteiger partial charge in [-0.05, 0) is 44.7 Å². The van der Waals surface area contributed by atoms with Crippen LogP contribution < -0.4 is 0 Å². The summed E-state index contributed by atoms with van der Waals surface area (Å²) in [5, 5.41) is 0. The van der Waals surface area contributed by atoms with Gasteiger partial charge < -0.3 is 9.64 Å². The van der Waals surface area contributed by atoms with Crippen LogP contribution >= 0.6 is 0 Å². The van der Waals surface area contributed by atoms with Gasteiger partial charge in [-0.25, -0.2) is 8.42 Å². The average molecular weight is 318 g/mol. The van der Waals surface area contributed by atoms with Crippen molar-refractivity contribution < 1.29 is 13.2 Å². The molecule has 0 aliphatic carbocycles. The quantitative estimate of drug-likeness (QED) is 0.712. The molecule has 0 amide bonds. The normalized spacial score (nSPS) is 23.6. The van der Waals surface area contributed by atoms with Crippen molar-refractivity contribution in [3.63, 3.8) is 0 Å². The van der Waals surface area contributed by atoms with Crippen molar-refractivity contribution in [1.82, 2.24) is 9.21 Å². The van der Waals surface area contributed by atoms with Crippen LogP contribution in [0.15, 0.2) is 0 Å². The van der Waals surface area contributed by atoms with Crippen LogP contribution in [0, 0.1) is 11.8 Å². The van der Waals surface area contributed by atoms with Gasteiger partial charge in [-0.15, -0.1) is 0 Å². The smallest absolute Gasteiger partial charge is 0.214 e. The Balaban J connectivity index is 1.56. The molecule has 0 unspecified atom stereocenters. The third kappa shape index (κ3) is 4.65. The Morgan fingerprint density at radius 2 is 1.81 bits per heavy atom. The van der Waals surface area contributed by atoms with Gasteiger partial charge in [0, 0.05) is 19.6 Å². The Morgan fingerprint density at radius 1 is 1.19 bits per heavy atom. The summed E-state index contributed by atoms with van der Waals surface area (Å²) in [4.78, 5) is 2.47. The van der Waals surface area contributed by atoms with Crippen molar-refractivity contribution in [3.8, 4) is 0 Å². The maximum atomic E-state index is 11.6. The number of likely N-dealkylation sites (tertiary alicyclic amines) is 1. The highest BCUT2D eigenvalue weighted by molar-refractivity contribution is 7.89. The molecule has 0 atom stereocenters. The van der Waals surface area contributed by atoms with Crippen molar-refractivity contribution in [3.05, 3.63) is 0 Å². The first-order valence-corrected chi connectivity index (χ1v) is 9.85. The molecule has 124 valence electrons. The van der Waals surface area contributed by atoms with Crippen LogP contribution in [0.4, 0.5) is 0 Å². The third-order valence-corrected chi connectivity index (χ3v) is 6.72. The zero-order chi connectivity index (χ0) is 15.5. The molecule has 2 fully saturated rings. The fraction of sp³-hybridized carbons (Fsp3) is 1.00. The second-order valence-corrected chi connectivity index (χ2v) is 8.89. The molecule has 2 rings (SSSR count). The van der Waals surface area contributed by atoms with Crippen LogP contribution in [0.1, 0.15) is 33.6 Å². The van der Waals surface area contributed by atoms with Crippen molar-refractivity contribution >= 4 is 10.0 Å². The summed E-state index contributed by atoms with van der Waals surface area (Å²) < 4.78 is 30.5. The Hall–Kier alpha value is -0.170. The lowest BCUT2D eigenvalue weighted by Crippen LogP contribution is -2.55. The van der Waals surface area contributed by atoms with Gasteiger partial charge in [0.15, 0.2) is 0 Å². The Morgan fingerprint density at radius 3 is 2.33 bits per heavy atom. The minimum Gasteiger partial charge on any atom is -0.374 e. The molecule has 2 aliphatic heterocycles. The molecule has 6 heteroatoms. The highest BCUT2D eigenvalue weighted by Crippen LogP contribution is 2.24. The molecule has 0 aromatic heterocycles. The molecule has 0 saturated carbocycles. The van der Waals surface area contributed by atoms with Crippen molar-refractivity contribution in [1.29, 1.82) is 0 Å². The second-order valence-electron chi connectivity index (χ2n) is 6.63. The van der Waals surface area contributed by atoms with E-state index in [-0.39, 0.29) is 11.9 Å². The molecule has 0 radical (unpaired) electrons. The Bertz CT molecular complexity index is 411. The van der Waals surface area contributed by atoms with Gasteiger partial charge in [0.25, 0.3) is 0 Å². The second kappa shape index (κ2) is 7.40. The highest BCUT2D eigenvalue weighted by atomic mass is 32.2. The van der Waals surface area contributed by atoms with E-state index in [2.05, 4.69) is 18.7 Å². The van der Waals surface area contributed by atoms with Gasteiger partial charge >= 0.3 is 0 Å². The number of ether oxygens (including phenoxy) is 1. The summed E-state index contributed by atoms with van der Waals surface area (Å²) >= 11 is 0. The van der Waals surface area contributed by atoms with Crippen LogP contribution in [0.3, 0.4) is 0 Å². The number of hydrogen-bond donors (Lipinski definition) is 0. The molecule has 0 spiro atoms. The monoisotopic (exact) mass is 318 g/mol. The molecule has 0 aromatic rings. The SMILES string of the molecule is CCS(=O)(=O)N1CC(OCCN2CCC(C(C)C)CC2)C1. The summed E-state index contributed by atoms with van der Waals surface area (Å²) in [6.45, 7) is 11.4. The summed E-state index contributed by atoms with van der Waals surface area (Å²) in [5.41, 5.74) is 0. The summed E-state index contributed by atoms with van der Waals surface area (Å²) in [6.07, 6.45) is 2.69. The minimum absolute atomic E-state index is 0.0968. The lowest BCUT2D eigenvalue weighted by molar-refractivity contribution is -0.0298. The van der Waals surface area contributed by atoms with Gasteiger partial charge in [-0.2, -0.15) is 4.31 Å². The number of rotatable bonds is 7. The number of sulfonamides is 1. The van der Waals surface area contributed by atoms with E-state index in [0.717, 1.165) is 25.0 Å². The maximum absolute atomic E-state index is 11.6. The molecule has 2 heterocycles. The van der Waals surface area contributed by atoms with Gasteiger partial charge in [0.05, 0.1) is 18.5 Å². The number of piperidine rings is 1. The Labute approximate surface area is 129 Å². The first-order valence-electron chi connectivity index (χ1n) is 8.24. The fourth-order valence-electron chi connectivity index (χ4n) is 3.11. The number of nitrogens with zero attached hydrogens (tertiary/aromatic N) is 2. The molecule has 0 aromatic carbocycles. The van der Waals surface area contributed by atoms with Crippen LogP contribution in [0.2, 0.25) is 0 Å². The molecule has 5 nitrogen and oxygen atoms in total. The fourth-order valence-corrected chi connectivity index (χ4v) is 4.26. The highest BCUT2D eigenvalue weighted by Gasteiger charge is 2.35. The predicted octanol–water partition coefficient (Wildman–Crippen LogP) is 1.40. The molecule has 2 aliphatic rings. The number of hydrogen-bond acceptors (Lipinski definition) is 4. The molecular weight excluding hydrogens is 288 g/mol. The molecule has 2 saturated heterocycles. The van der Waals surface area contributed by atoms with Crippen LogP contribution in [-0.4, -0.2) is 68.8 Å². The average Bonchev–Trinajstić information content (AvgIpc) is 2.41. The summed E-state index contributed by atoms with van der Waals surface area (Å²) in [6, 6.07) is 0. The van der Waals surface area contributed by atoms with E-state index < -0.39 is 10.0 Å². The van der Waals surface area contributed by atoms with Gasteiger partial charge in [0.2, 0.25) is 10.0 Å². The summed E-state index contributed by atoms with van der Waals surface area (Å²) in [5.74, 6) is 1.86. The summed E-state index contributed by atoms with van der Waals surface area (Å²) in [7, 11) is -3.01. The van der Waals surface area contributed by atoms with E-state index in [1.807, 2.05) is 0 Å². The van der Waals surface area contributed by atoms with Crippen LogP contribution in [0.5, 0.6) is 0 Å². The maximum Gasteiger partial charge on any atom is 0.214 e. The topological polar surface area (TPSA) is 49.9 Å². The zero-order valence-corrected chi connectivity index (χ0v) is 14.4. The van der Waals surface area contributed by atoms with E-state index >= 15 is 0 Å².